The number of hydrogen-bond acceptors (Lipinski definition) is 3. The highest BCUT2D eigenvalue weighted by atomic mass is 16.5. The van der Waals surface area contributed by atoms with Crippen LogP contribution in [0.3, 0.4) is 0 Å². The molecule has 1 aromatic carbocycles. The van der Waals surface area contributed by atoms with Crippen LogP contribution >= 0.6 is 0 Å². The summed E-state index contributed by atoms with van der Waals surface area (Å²) in [6.45, 7) is 0. The van der Waals surface area contributed by atoms with Crippen LogP contribution < -0.4 is 10.1 Å². The third-order valence-corrected chi connectivity index (χ3v) is 2.07. The lowest BCUT2D eigenvalue weighted by Crippen LogP contribution is -2.03. The first-order chi connectivity index (χ1) is 6.83. The largest absolute Gasteiger partial charge is 0.497 e. The van der Waals surface area contributed by atoms with Gasteiger partial charge in [-0.15, -0.1) is 0 Å². The molecule has 0 radical (unpaired) electrons. The highest BCUT2D eigenvalue weighted by molar-refractivity contribution is 5.80. The molecule has 1 aromatic rings. The number of allylic oxidation sites excluding steroid dienone is 1. The van der Waals surface area contributed by atoms with E-state index in [0.717, 1.165) is 17.0 Å². The highest BCUT2D eigenvalue weighted by Gasteiger charge is 2.07. The first kappa shape index (κ1) is 8.60. The van der Waals surface area contributed by atoms with Crippen molar-refractivity contribution in [1.82, 2.24) is 0 Å². The Bertz CT molecular complexity index is 443. The molecule has 1 heterocycles. The Morgan fingerprint density at radius 2 is 2.21 bits per heavy atom. The molecule has 0 fully saturated rings. The van der Waals surface area contributed by atoms with E-state index in [4.69, 9.17) is 4.74 Å². The van der Waals surface area contributed by atoms with Gasteiger partial charge < -0.3 is 10.1 Å². The summed E-state index contributed by atoms with van der Waals surface area (Å²) in [5.41, 5.74) is 2.35. The molecule has 2 rings (SSSR count). The fraction of sp³-hybridized carbons (Fsp3) is 0.0909. The number of ether oxygens (including phenoxy) is 1. The van der Waals surface area contributed by atoms with Crippen LogP contribution in [-0.4, -0.2) is 13.1 Å². The van der Waals surface area contributed by atoms with Crippen LogP contribution in [0.5, 0.6) is 5.75 Å². The lowest BCUT2D eigenvalue weighted by molar-refractivity contribution is 0.415. The first-order valence-electron chi connectivity index (χ1n) is 4.22. The zero-order chi connectivity index (χ0) is 9.97. The van der Waals surface area contributed by atoms with Gasteiger partial charge in [0.1, 0.15) is 11.4 Å². The predicted molar refractivity (Wildman–Crippen MR) is 54.9 cm³/mol. The van der Waals surface area contributed by atoms with Gasteiger partial charge in [-0.1, -0.05) is 0 Å². The van der Waals surface area contributed by atoms with E-state index in [1.54, 1.807) is 13.2 Å². The number of carbonyl (C=O) groups excluding carboxylic acids is 1. The zero-order valence-electron chi connectivity index (χ0n) is 7.70. The van der Waals surface area contributed by atoms with E-state index in [1.165, 1.54) is 0 Å². The summed E-state index contributed by atoms with van der Waals surface area (Å²) >= 11 is 0. The van der Waals surface area contributed by atoms with Crippen molar-refractivity contribution in [3.8, 4) is 5.75 Å². The van der Waals surface area contributed by atoms with Crippen LogP contribution in [0.25, 0.3) is 6.08 Å². The minimum atomic E-state index is 0.447. The van der Waals surface area contributed by atoms with Crippen molar-refractivity contribution >= 4 is 17.7 Å². The highest BCUT2D eigenvalue weighted by Crippen LogP contribution is 2.27. The maximum atomic E-state index is 10.4. The number of fused-ring (bicyclic) bond motifs is 1. The molecule has 0 amide bonds. The quantitative estimate of drug-likeness (QED) is 0.682. The molecule has 3 nitrogen and oxygen atoms in total. The summed E-state index contributed by atoms with van der Waals surface area (Å²) in [6, 6.07) is 5.61. The van der Waals surface area contributed by atoms with Crippen molar-refractivity contribution in [1.29, 1.82) is 0 Å². The molecule has 1 aliphatic heterocycles. The van der Waals surface area contributed by atoms with E-state index >= 15 is 0 Å². The maximum Gasteiger partial charge on any atom is 0.150 e. The molecular formula is C11H9NO2. The van der Waals surface area contributed by atoms with Crippen LogP contribution in [0, 0.1) is 0 Å². The van der Waals surface area contributed by atoms with Crippen LogP contribution in [0.4, 0.5) is 5.69 Å². The molecule has 0 atom stereocenters. The molecule has 3 heteroatoms. The Balaban J connectivity index is 2.45. The number of anilines is 1. The second kappa shape index (κ2) is 3.40. The maximum absolute atomic E-state index is 10.4. The van der Waals surface area contributed by atoms with Gasteiger partial charge in [-0.25, -0.2) is 4.79 Å². The monoisotopic (exact) mass is 187 g/mol. The second-order valence-corrected chi connectivity index (χ2v) is 2.93. The average molecular weight is 187 g/mol. The van der Waals surface area contributed by atoms with Crippen molar-refractivity contribution in [2.24, 2.45) is 0 Å². The molecule has 0 saturated heterocycles. The topological polar surface area (TPSA) is 38.3 Å². The minimum Gasteiger partial charge on any atom is -0.497 e. The molecule has 70 valence electrons. The van der Waals surface area contributed by atoms with Crippen LogP contribution in [0.1, 0.15) is 5.56 Å². The summed E-state index contributed by atoms with van der Waals surface area (Å²) in [5, 5.41) is 2.95. The lowest BCUT2D eigenvalue weighted by Gasteiger charge is -2.13. The first-order valence-corrected chi connectivity index (χ1v) is 4.22. The molecule has 14 heavy (non-hydrogen) atoms. The average Bonchev–Trinajstić information content (AvgIpc) is 2.27. The summed E-state index contributed by atoms with van der Waals surface area (Å²) in [5.74, 6) is 2.61. The van der Waals surface area contributed by atoms with Crippen LogP contribution in [0.15, 0.2) is 30.0 Å². The lowest BCUT2D eigenvalue weighted by atomic mass is 10.1. The number of rotatable bonds is 1. The molecule has 0 unspecified atom stereocenters. The zero-order valence-corrected chi connectivity index (χ0v) is 7.70. The van der Waals surface area contributed by atoms with E-state index in [1.807, 2.05) is 30.2 Å². The molecule has 0 spiro atoms. The Kier molecular flexibility index (Phi) is 2.09. The summed E-state index contributed by atoms with van der Waals surface area (Å²) < 4.78 is 5.09. The Morgan fingerprint density at radius 3 is 2.93 bits per heavy atom. The predicted octanol–water partition coefficient (Wildman–Crippen LogP) is 1.85. The van der Waals surface area contributed by atoms with Crippen molar-refractivity contribution in [3.63, 3.8) is 0 Å². The summed E-state index contributed by atoms with van der Waals surface area (Å²) in [4.78, 5) is 10.4. The van der Waals surface area contributed by atoms with E-state index in [0.29, 0.717) is 5.70 Å². The van der Waals surface area contributed by atoms with Gasteiger partial charge in [0.25, 0.3) is 0 Å². The SMILES string of the molecule is COc1ccc2c(c1)C=CC(=C=O)N2. The number of methoxy groups -OCH3 is 1. The van der Waals surface area contributed by atoms with Crippen LogP contribution in [-0.2, 0) is 4.79 Å². The van der Waals surface area contributed by atoms with Crippen molar-refractivity contribution < 1.29 is 9.53 Å². The standard InChI is InChI=1S/C11H9NO2/c1-14-10-4-5-11-8(6-10)2-3-9(7-13)12-11/h2-6,12H,1H3. The molecule has 0 saturated carbocycles. The van der Waals surface area contributed by atoms with Gasteiger partial charge in [-0.3, -0.25) is 0 Å². The van der Waals surface area contributed by atoms with E-state index in [9.17, 15) is 4.79 Å². The van der Waals surface area contributed by atoms with Gasteiger partial charge in [0.05, 0.1) is 7.11 Å². The van der Waals surface area contributed by atoms with Gasteiger partial charge >= 0.3 is 0 Å². The third kappa shape index (κ3) is 1.41. The van der Waals surface area contributed by atoms with E-state index < -0.39 is 0 Å². The van der Waals surface area contributed by atoms with Gasteiger partial charge in [0.2, 0.25) is 0 Å². The molecule has 0 aromatic heterocycles. The molecule has 0 bridgehead atoms. The number of benzene rings is 1. The number of nitrogens with one attached hydrogen (secondary N) is 1. The van der Waals surface area contributed by atoms with Crippen molar-refractivity contribution in [3.05, 3.63) is 35.5 Å². The minimum absolute atomic E-state index is 0.447. The Labute approximate surface area is 81.7 Å². The fourth-order valence-electron chi connectivity index (χ4n) is 1.34. The van der Waals surface area contributed by atoms with Gasteiger partial charge in [0, 0.05) is 11.3 Å². The van der Waals surface area contributed by atoms with Crippen molar-refractivity contribution in [2.45, 2.75) is 0 Å². The summed E-state index contributed by atoms with van der Waals surface area (Å²) in [7, 11) is 1.62. The number of hydrogen-bond donors (Lipinski definition) is 1. The molecule has 0 aliphatic carbocycles. The van der Waals surface area contributed by atoms with Gasteiger partial charge in [0.15, 0.2) is 5.94 Å². The van der Waals surface area contributed by atoms with Gasteiger partial charge in [-0.2, -0.15) is 0 Å². The molecule has 1 N–H and O–H groups in total. The fourth-order valence-corrected chi connectivity index (χ4v) is 1.34. The van der Waals surface area contributed by atoms with Crippen LogP contribution in [0.2, 0.25) is 0 Å². The normalized spacial score (nSPS) is 12.8. The van der Waals surface area contributed by atoms with Crippen molar-refractivity contribution in [2.75, 3.05) is 12.4 Å². The molecular weight excluding hydrogens is 178 g/mol. The summed E-state index contributed by atoms with van der Waals surface area (Å²) in [6.07, 6.45) is 3.54. The van der Waals surface area contributed by atoms with E-state index in [-0.39, 0.29) is 0 Å². The third-order valence-electron chi connectivity index (χ3n) is 2.07. The smallest absolute Gasteiger partial charge is 0.150 e. The van der Waals surface area contributed by atoms with Gasteiger partial charge in [-0.05, 0) is 30.4 Å². The second-order valence-electron chi connectivity index (χ2n) is 2.93. The Hall–Kier alpha value is -1.99. The molecule has 1 aliphatic rings. The Morgan fingerprint density at radius 1 is 1.36 bits per heavy atom. The van der Waals surface area contributed by atoms with E-state index in [2.05, 4.69) is 5.32 Å².